The van der Waals surface area contributed by atoms with Gasteiger partial charge in [0.15, 0.2) is 0 Å². The number of hydrogen-bond acceptors (Lipinski definition) is 5. The first kappa shape index (κ1) is 10.7. The summed E-state index contributed by atoms with van der Waals surface area (Å²) in [6.45, 7) is 3.28. The van der Waals surface area contributed by atoms with Crippen molar-refractivity contribution in [3.63, 3.8) is 0 Å². The second-order valence-corrected chi connectivity index (χ2v) is 2.90. The molecule has 0 unspecified atom stereocenters. The zero-order valence-corrected chi connectivity index (χ0v) is 8.21. The molecule has 1 heterocycles. The first-order valence-corrected chi connectivity index (χ1v) is 4.71. The Hall–Kier alpha value is -1.41. The molecule has 1 aliphatic heterocycles. The van der Waals surface area contributed by atoms with Crippen LogP contribution in [-0.2, 0) is 14.7 Å². The highest BCUT2D eigenvalue weighted by atomic mass is 17.3. The molecule has 1 N–H and O–H groups in total. The second kappa shape index (κ2) is 6.11. The summed E-state index contributed by atoms with van der Waals surface area (Å²) in [5.74, 6) is -0.354. The maximum atomic E-state index is 11.0. The van der Waals surface area contributed by atoms with Crippen LogP contribution in [-0.4, -0.2) is 24.1 Å². The smallest absolute Gasteiger partial charge is 0.342 e. The van der Waals surface area contributed by atoms with Crippen molar-refractivity contribution in [2.24, 2.45) is 0 Å². The molecule has 0 aromatic carbocycles. The number of hydrogen-bond donors (Lipinski definition) is 1. The fourth-order valence-corrected chi connectivity index (χ4v) is 0.883. The standard InChI is InChI=1S/C9H14N2O3/c1-2-3-4-9(12)13-14-11-7-5-10-6-8-11/h10H,2-5,7H2,1H3. The third-order valence-electron chi connectivity index (χ3n) is 1.66. The molecule has 0 spiro atoms. The molecule has 0 bridgehead atoms. The molecule has 1 rings (SSSR count). The average Bonchev–Trinajstić information content (AvgIpc) is 2.25. The van der Waals surface area contributed by atoms with E-state index in [9.17, 15) is 4.79 Å². The Morgan fingerprint density at radius 3 is 3.14 bits per heavy atom. The summed E-state index contributed by atoms with van der Waals surface area (Å²) >= 11 is 0. The molecule has 0 amide bonds. The van der Waals surface area contributed by atoms with Crippen molar-refractivity contribution in [1.82, 2.24) is 10.4 Å². The molecule has 0 aromatic rings. The molecule has 1 aliphatic rings. The summed E-state index contributed by atoms with van der Waals surface area (Å²) in [4.78, 5) is 20.3. The van der Waals surface area contributed by atoms with Crippen LogP contribution in [0, 0.1) is 12.1 Å². The quantitative estimate of drug-likeness (QED) is 0.393. The highest BCUT2D eigenvalue weighted by molar-refractivity contribution is 5.68. The van der Waals surface area contributed by atoms with E-state index in [1.54, 1.807) is 0 Å². The fraction of sp³-hybridized carbons (Fsp3) is 0.667. The molecule has 0 radical (unpaired) electrons. The Morgan fingerprint density at radius 2 is 2.50 bits per heavy atom. The average molecular weight is 198 g/mol. The van der Waals surface area contributed by atoms with E-state index in [4.69, 9.17) is 4.99 Å². The highest BCUT2D eigenvalue weighted by Crippen LogP contribution is 1.99. The van der Waals surface area contributed by atoms with E-state index in [1.165, 1.54) is 5.06 Å². The monoisotopic (exact) mass is 198 g/mol. The maximum absolute atomic E-state index is 11.0. The van der Waals surface area contributed by atoms with Crippen LogP contribution < -0.4 is 5.32 Å². The Labute approximate surface area is 83.2 Å². The van der Waals surface area contributed by atoms with E-state index in [2.05, 4.69) is 22.3 Å². The van der Waals surface area contributed by atoms with Gasteiger partial charge in [-0.3, -0.25) is 4.89 Å². The Bertz CT molecular complexity index is 244. The van der Waals surface area contributed by atoms with E-state index in [0.29, 0.717) is 19.5 Å². The normalized spacial score (nSPS) is 13.9. The third-order valence-corrected chi connectivity index (χ3v) is 1.66. The lowest BCUT2D eigenvalue weighted by atomic mass is 10.3. The number of nitrogens with zero attached hydrogens (tertiary/aromatic N) is 1. The van der Waals surface area contributed by atoms with Gasteiger partial charge in [-0.15, -0.1) is 0 Å². The molecular weight excluding hydrogens is 184 g/mol. The highest BCUT2D eigenvalue weighted by Gasteiger charge is 2.08. The van der Waals surface area contributed by atoms with Crippen molar-refractivity contribution in [3.8, 4) is 12.1 Å². The van der Waals surface area contributed by atoms with Crippen molar-refractivity contribution >= 4 is 5.97 Å². The van der Waals surface area contributed by atoms with Crippen LogP contribution in [0.3, 0.4) is 0 Å². The van der Waals surface area contributed by atoms with Gasteiger partial charge in [0, 0.05) is 19.0 Å². The van der Waals surface area contributed by atoms with Crippen LogP contribution in [0.15, 0.2) is 0 Å². The minimum Gasteiger partial charge on any atom is -0.342 e. The van der Waals surface area contributed by atoms with Gasteiger partial charge in [0.2, 0.25) is 0 Å². The zero-order valence-electron chi connectivity index (χ0n) is 8.21. The Morgan fingerprint density at radius 1 is 1.64 bits per heavy atom. The minimum absolute atomic E-state index is 0.354. The van der Waals surface area contributed by atoms with Crippen molar-refractivity contribution in [3.05, 3.63) is 0 Å². The Kier molecular flexibility index (Phi) is 4.65. The van der Waals surface area contributed by atoms with E-state index < -0.39 is 0 Å². The molecular formula is C9H14N2O3. The van der Waals surface area contributed by atoms with Crippen molar-refractivity contribution in [2.45, 2.75) is 26.2 Å². The summed E-state index contributed by atoms with van der Waals surface area (Å²) in [5, 5.41) is 4.11. The molecule has 5 nitrogen and oxygen atoms in total. The lowest BCUT2D eigenvalue weighted by Gasteiger charge is -2.16. The van der Waals surface area contributed by atoms with Gasteiger partial charge in [0.05, 0.1) is 12.6 Å². The van der Waals surface area contributed by atoms with Crippen molar-refractivity contribution in [1.29, 1.82) is 0 Å². The summed E-state index contributed by atoms with van der Waals surface area (Å²) in [5.41, 5.74) is 0. The van der Waals surface area contributed by atoms with Gasteiger partial charge in [-0.2, -0.15) is 5.06 Å². The number of hydroxylamine groups is 2. The van der Waals surface area contributed by atoms with Gasteiger partial charge in [-0.1, -0.05) is 13.3 Å². The second-order valence-electron chi connectivity index (χ2n) is 2.90. The van der Waals surface area contributed by atoms with Crippen LogP contribution >= 0.6 is 0 Å². The maximum Gasteiger partial charge on any atom is 0.345 e. The summed E-state index contributed by atoms with van der Waals surface area (Å²) in [6, 6.07) is 5.21. The van der Waals surface area contributed by atoms with E-state index in [-0.39, 0.29) is 5.97 Å². The molecule has 14 heavy (non-hydrogen) atoms. The van der Waals surface area contributed by atoms with E-state index >= 15 is 0 Å². The summed E-state index contributed by atoms with van der Waals surface area (Å²) < 4.78 is 0. The lowest BCUT2D eigenvalue weighted by molar-refractivity contribution is -0.376. The first-order chi connectivity index (χ1) is 6.83. The zero-order chi connectivity index (χ0) is 10.2. The molecule has 0 fully saturated rings. The number of nitrogens with one attached hydrogen (secondary N) is 1. The fourth-order valence-electron chi connectivity index (χ4n) is 0.883. The van der Waals surface area contributed by atoms with E-state index in [1.807, 2.05) is 6.92 Å². The topological polar surface area (TPSA) is 50.8 Å². The van der Waals surface area contributed by atoms with Crippen LogP contribution in [0.4, 0.5) is 0 Å². The molecule has 0 atom stereocenters. The summed E-state index contributed by atoms with van der Waals surface area (Å²) in [6.07, 6.45) is 2.16. The molecule has 0 saturated carbocycles. The van der Waals surface area contributed by atoms with Gasteiger partial charge < -0.3 is 5.32 Å². The minimum atomic E-state index is -0.354. The van der Waals surface area contributed by atoms with Gasteiger partial charge >= 0.3 is 5.97 Å². The first-order valence-electron chi connectivity index (χ1n) is 4.71. The van der Waals surface area contributed by atoms with Gasteiger partial charge in [0.1, 0.15) is 0 Å². The van der Waals surface area contributed by atoms with E-state index in [0.717, 1.165) is 12.8 Å². The summed E-state index contributed by atoms with van der Waals surface area (Å²) in [7, 11) is 0. The van der Waals surface area contributed by atoms with Crippen LogP contribution in [0.1, 0.15) is 26.2 Å². The molecule has 78 valence electrons. The predicted molar refractivity (Wildman–Crippen MR) is 49.2 cm³/mol. The molecule has 0 saturated heterocycles. The number of unbranched alkanes of at least 4 members (excludes halogenated alkanes) is 1. The van der Waals surface area contributed by atoms with Crippen LogP contribution in [0.25, 0.3) is 0 Å². The lowest BCUT2D eigenvalue weighted by Crippen LogP contribution is -2.32. The van der Waals surface area contributed by atoms with Crippen LogP contribution in [0.5, 0.6) is 0 Å². The van der Waals surface area contributed by atoms with Crippen molar-refractivity contribution < 1.29 is 14.7 Å². The number of rotatable bonds is 5. The van der Waals surface area contributed by atoms with Gasteiger partial charge in [-0.05, 0) is 11.4 Å². The number of carbonyl (C=O) groups is 1. The third kappa shape index (κ3) is 4.01. The van der Waals surface area contributed by atoms with Crippen LogP contribution in [0.2, 0.25) is 0 Å². The predicted octanol–water partition coefficient (Wildman–Crippen LogP) is 0.390. The van der Waals surface area contributed by atoms with Gasteiger partial charge in [0.25, 0.3) is 0 Å². The SMILES string of the molecule is CCCCC(=O)OON1C#CNCC1. The Balaban J connectivity index is 2.12. The van der Waals surface area contributed by atoms with Crippen molar-refractivity contribution in [2.75, 3.05) is 13.1 Å². The number of carbonyl (C=O) groups excluding carboxylic acids is 1. The largest absolute Gasteiger partial charge is 0.345 e. The van der Waals surface area contributed by atoms with Gasteiger partial charge in [-0.25, -0.2) is 4.79 Å². The molecule has 5 heteroatoms. The molecule has 0 aromatic heterocycles. The molecule has 0 aliphatic carbocycles.